The van der Waals surface area contributed by atoms with E-state index in [4.69, 9.17) is 18.9 Å². The Kier molecular flexibility index (Phi) is 3.77. The van der Waals surface area contributed by atoms with Gasteiger partial charge in [-0.2, -0.15) is 0 Å². The van der Waals surface area contributed by atoms with Crippen LogP contribution < -0.4 is 9.47 Å². The molecule has 3 rings (SSSR count). The molecule has 1 aliphatic carbocycles. The Morgan fingerprint density at radius 3 is 2.14 bits per heavy atom. The lowest BCUT2D eigenvalue weighted by Gasteiger charge is -2.25. The molecule has 0 saturated heterocycles. The van der Waals surface area contributed by atoms with E-state index in [0.717, 1.165) is 40.2 Å². The minimum Gasteiger partial charge on any atom is -0.496 e. The Morgan fingerprint density at radius 1 is 1.00 bits per heavy atom. The van der Waals surface area contributed by atoms with E-state index < -0.39 is 5.41 Å². The Balaban J connectivity index is 2.18. The largest absolute Gasteiger partial charge is 0.496 e. The SMILES string of the molecule is COC(=O)C1(C)Cc2c(c(OC)c3c(c2OC)CCOC3)C1. The Labute approximate surface area is 130 Å². The second-order valence-corrected chi connectivity index (χ2v) is 6.19. The van der Waals surface area contributed by atoms with E-state index in [0.29, 0.717) is 26.1 Å². The van der Waals surface area contributed by atoms with Gasteiger partial charge in [-0.1, -0.05) is 0 Å². The second kappa shape index (κ2) is 5.47. The van der Waals surface area contributed by atoms with Gasteiger partial charge in [0.05, 0.1) is 40.0 Å². The molecule has 0 bridgehead atoms. The topological polar surface area (TPSA) is 54.0 Å². The highest BCUT2D eigenvalue weighted by Gasteiger charge is 2.45. The summed E-state index contributed by atoms with van der Waals surface area (Å²) in [5.74, 6) is 1.54. The predicted molar refractivity (Wildman–Crippen MR) is 80.4 cm³/mol. The lowest BCUT2D eigenvalue weighted by atomic mass is 9.87. The van der Waals surface area contributed by atoms with Gasteiger partial charge in [0.25, 0.3) is 0 Å². The van der Waals surface area contributed by atoms with E-state index in [1.54, 1.807) is 14.2 Å². The first-order valence-corrected chi connectivity index (χ1v) is 7.49. The van der Waals surface area contributed by atoms with Crippen LogP contribution in [0.2, 0.25) is 0 Å². The quantitative estimate of drug-likeness (QED) is 0.800. The first-order valence-electron chi connectivity index (χ1n) is 7.49. The maximum Gasteiger partial charge on any atom is 0.312 e. The van der Waals surface area contributed by atoms with Crippen molar-refractivity contribution in [3.63, 3.8) is 0 Å². The van der Waals surface area contributed by atoms with Crippen molar-refractivity contribution in [2.24, 2.45) is 5.41 Å². The lowest BCUT2D eigenvalue weighted by molar-refractivity contribution is -0.151. The van der Waals surface area contributed by atoms with Crippen LogP contribution in [0.5, 0.6) is 11.5 Å². The summed E-state index contributed by atoms with van der Waals surface area (Å²) in [6, 6.07) is 0. The van der Waals surface area contributed by atoms with E-state index in [9.17, 15) is 4.79 Å². The average Bonchev–Trinajstić information content (AvgIpc) is 2.89. The maximum atomic E-state index is 12.2. The fraction of sp³-hybridized carbons (Fsp3) is 0.588. The van der Waals surface area contributed by atoms with Crippen molar-refractivity contribution in [1.29, 1.82) is 0 Å². The van der Waals surface area contributed by atoms with E-state index in [-0.39, 0.29) is 5.97 Å². The fourth-order valence-electron chi connectivity index (χ4n) is 3.78. The normalized spacial score (nSPS) is 22.7. The van der Waals surface area contributed by atoms with Gasteiger partial charge in [-0.05, 0) is 26.2 Å². The number of ether oxygens (including phenoxy) is 4. The molecule has 0 radical (unpaired) electrons. The number of fused-ring (bicyclic) bond motifs is 2. The smallest absolute Gasteiger partial charge is 0.312 e. The van der Waals surface area contributed by atoms with E-state index >= 15 is 0 Å². The van der Waals surface area contributed by atoms with Crippen LogP contribution in [-0.2, 0) is 40.1 Å². The van der Waals surface area contributed by atoms with Gasteiger partial charge in [-0.3, -0.25) is 4.79 Å². The molecule has 0 amide bonds. The third kappa shape index (κ3) is 2.07. The standard InChI is InChI=1S/C17H22O5/c1-17(16(18)21-4)7-11-12(8-17)15(20-3)13-9-22-6-5-10(13)14(11)19-2/h5-9H2,1-4H3. The highest BCUT2D eigenvalue weighted by atomic mass is 16.5. The van der Waals surface area contributed by atoms with Crippen molar-refractivity contribution in [3.05, 3.63) is 22.3 Å². The van der Waals surface area contributed by atoms with Crippen LogP contribution in [-0.4, -0.2) is 33.9 Å². The van der Waals surface area contributed by atoms with Crippen LogP contribution in [0.25, 0.3) is 0 Å². The molecular formula is C17H22O5. The zero-order valence-electron chi connectivity index (χ0n) is 13.6. The monoisotopic (exact) mass is 306 g/mol. The number of hydrogen-bond acceptors (Lipinski definition) is 5. The molecule has 0 aromatic heterocycles. The van der Waals surface area contributed by atoms with Crippen molar-refractivity contribution < 1.29 is 23.7 Å². The average molecular weight is 306 g/mol. The number of rotatable bonds is 3. The first-order chi connectivity index (χ1) is 10.6. The number of hydrogen-bond donors (Lipinski definition) is 0. The molecule has 1 unspecified atom stereocenters. The van der Waals surface area contributed by atoms with Crippen molar-refractivity contribution in [2.45, 2.75) is 32.8 Å². The summed E-state index contributed by atoms with van der Waals surface area (Å²) < 4.78 is 22.0. The number of carbonyl (C=O) groups excluding carboxylic acids is 1. The zero-order valence-corrected chi connectivity index (χ0v) is 13.6. The molecule has 0 N–H and O–H groups in total. The van der Waals surface area contributed by atoms with Crippen molar-refractivity contribution in [1.82, 2.24) is 0 Å². The zero-order chi connectivity index (χ0) is 15.9. The molecular weight excluding hydrogens is 284 g/mol. The molecule has 0 spiro atoms. The molecule has 1 aromatic carbocycles. The molecule has 22 heavy (non-hydrogen) atoms. The minimum atomic E-state index is -0.567. The van der Waals surface area contributed by atoms with Crippen molar-refractivity contribution in [3.8, 4) is 11.5 Å². The Bertz CT molecular complexity index is 577. The van der Waals surface area contributed by atoms with Crippen LogP contribution in [0.4, 0.5) is 0 Å². The first kappa shape index (κ1) is 15.2. The second-order valence-electron chi connectivity index (χ2n) is 6.19. The number of benzene rings is 1. The molecule has 0 fully saturated rings. The highest BCUT2D eigenvalue weighted by molar-refractivity contribution is 5.80. The third-order valence-corrected chi connectivity index (χ3v) is 4.79. The van der Waals surface area contributed by atoms with Gasteiger partial charge >= 0.3 is 5.97 Å². The van der Waals surface area contributed by atoms with Crippen LogP contribution in [0.3, 0.4) is 0 Å². The van der Waals surface area contributed by atoms with Crippen LogP contribution in [0, 0.1) is 5.41 Å². The molecule has 1 atom stereocenters. The van der Waals surface area contributed by atoms with Crippen LogP contribution in [0.1, 0.15) is 29.2 Å². The molecule has 120 valence electrons. The van der Waals surface area contributed by atoms with Gasteiger partial charge < -0.3 is 18.9 Å². The van der Waals surface area contributed by atoms with Crippen molar-refractivity contribution >= 4 is 5.97 Å². The van der Waals surface area contributed by atoms with Gasteiger partial charge in [0.1, 0.15) is 11.5 Å². The molecule has 5 nitrogen and oxygen atoms in total. The Hall–Kier alpha value is -1.75. The molecule has 1 heterocycles. The van der Waals surface area contributed by atoms with Gasteiger partial charge in [0, 0.05) is 22.3 Å². The number of carbonyl (C=O) groups is 1. The van der Waals surface area contributed by atoms with Crippen LogP contribution >= 0.6 is 0 Å². The lowest BCUT2D eigenvalue weighted by Crippen LogP contribution is -2.29. The third-order valence-electron chi connectivity index (χ3n) is 4.79. The predicted octanol–water partition coefficient (Wildman–Crippen LogP) is 2.05. The van der Waals surface area contributed by atoms with E-state index in [1.165, 1.54) is 7.11 Å². The van der Waals surface area contributed by atoms with E-state index in [2.05, 4.69) is 0 Å². The van der Waals surface area contributed by atoms with Gasteiger partial charge in [0.15, 0.2) is 0 Å². The van der Waals surface area contributed by atoms with Gasteiger partial charge in [-0.25, -0.2) is 0 Å². The molecule has 5 heteroatoms. The van der Waals surface area contributed by atoms with Gasteiger partial charge in [0.2, 0.25) is 0 Å². The summed E-state index contributed by atoms with van der Waals surface area (Å²) in [5, 5.41) is 0. The molecule has 1 aromatic rings. The summed E-state index contributed by atoms with van der Waals surface area (Å²) in [7, 11) is 4.79. The number of esters is 1. The molecule has 2 aliphatic rings. The maximum absolute atomic E-state index is 12.2. The van der Waals surface area contributed by atoms with Crippen molar-refractivity contribution in [2.75, 3.05) is 27.9 Å². The number of methoxy groups -OCH3 is 3. The minimum absolute atomic E-state index is 0.193. The summed E-state index contributed by atoms with van der Waals surface area (Å²) in [4.78, 5) is 12.2. The summed E-state index contributed by atoms with van der Waals surface area (Å²) in [5.41, 5.74) is 3.77. The summed E-state index contributed by atoms with van der Waals surface area (Å²) >= 11 is 0. The fourth-order valence-corrected chi connectivity index (χ4v) is 3.78. The molecule has 0 saturated carbocycles. The highest BCUT2D eigenvalue weighted by Crippen LogP contribution is 2.50. The summed E-state index contributed by atoms with van der Waals surface area (Å²) in [6.07, 6.45) is 2.02. The Morgan fingerprint density at radius 2 is 1.59 bits per heavy atom. The van der Waals surface area contributed by atoms with E-state index in [1.807, 2.05) is 6.92 Å². The summed E-state index contributed by atoms with van der Waals surface area (Å²) in [6.45, 7) is 3.14. The van der Waals surface area contributed by atoms with Gasteiger partial charge in [-0.15, -0.1) is 0 Å². The van der Waals surface area contributed by atoms with Crippen LogP contribution in [0.15, 0.2) is 0 Å². The molecule has 1 aliphatic heterocycles.